The van der Waals surface area contributed by atoms with Crippen LogP contribution >= 0.6 is 0 Å². The van der Waals surface area contributed by atoms with Crippen LogP contribution in [0.4, 0.5) is 0 Å². The van der Waals surface area contributed by atoms with E-state index in [4.69, 9.17) is 4.84 Å². The highest BCUT2D eigenvalue weighted by Crippen LogP contribution is 2.21. The number of benzene rings is 1. The molecule has 0 aliphatic carbocycles. The molecule has 118 valence electrons. The van der Waals surface area contributed by atoms with Crippen LogP contribution in [-0.2, 0) is 25.6 Å². The molecule has 1 saturated heterocycles. The second-order valence-electron chi connectivity index (χ2n) is 6.05. The lowest BCUT2D eigenvalue weighted by molar-refractivity contribution is -0.198. The van der Waals surface area contributed by atoms with Gasteiger partial charge in [0, 0.05) is 12.8 Å². The van der Waals surface area contributed by atoms with Gasteiger partial charge in [-0.15, -0.1) is 5.06 Å². The Morgan fingerprint density at radius 3 is 2.14 bits per heavy atom. The maximum atomic E-state index is 12.1. The first-order chi connectivity index (χ1) is 10.4. The van der Waals surface area contributed by atoms with Crippen molar-refractivity contribution in [2.75, 3.05) is 0 Å². The molecule has 0 aromatic heterocycles. The van der Waals surface area contributed by atoms with Crippen LogP contribution in [0.15, 0.2) is 24.3 Å². The average Bonchev–Trinajstić information content (AvgIpc) is 2.78. The van der Waals surface area contributed by atoms with Crippen molar-refractivity contribution in [1.29, 1.82) is 0 Å². The lowest BCUT2D eigenvalue weighted by atomic mass is 9.97. The third-order valence-corrected chi connectivity index (χ3v) is 3.66. The molecular weight excluding hydrogens is 282 g/mol. The molecule has 1 aromatic rings. The molecule has 0 bridgehead atoms. The minimum atomic E-state index is -0.597. The number of imide groups is 1. The lowest BCUT2D eigenvalue weighted by Crippen LogP contribution is -2.33. The Kier molecular flexibility index (Phi) is 4.96. The van der Waals surface area contributed by atoms with Crippen molar-refractivity contribution < 1.29 is 19.2 Å². The zero-order valence-electron chi connectivity index (χ0n) is 13.2. The summed E-state index contributed by atoms with van der Waals surface area (Å²) in [4.78, 5) is 39.9. The van der Waals surface area contributed by atoms with Gasteiger partial charge in [-0.05, 0) is 30.4 Å². The molecule has 1 aliphatic rings. The number of hydrogen-bond donors (Lipinski definition) is 0. The molecule has 1 aromatic carbocycles. The fourth-order valence-corrected chi connectivity index (χ4v) is 2.38. The van der Waals surface area contributed by atoms with Gasteiger partial charge in [0.2, 0.25) is 0 Å². The van der Waals surface area contributed by atoms with E-state index >= 15 is 0 Å². The molecule has 5 nitrogen and oxygen atoms in total. The van der Waals surface area contributed by atoms with Crippen LogP contribution in [0.3, 0.4) is 0 Å². The van der Waals surface area contributed by atoms with E-state index in [0.29, 0.717) is 11.0 Å². The molecule has 0 radical (unpaired) electrons. The van der Waals surface area contributed by atoms with E-state index in [1.165, 1.54) is 5.56 Å². The summed E-state index contributed by atoms with van der Waals surface area (Å²) in [6.07, 6.45) is 1.19. The monoisotopic (exact) mass is 303 g/mol. The third kappa shape index (κ3) is 3.72. The zero-order valence-corrected chi connectivity index (χ0v) is 13.2. The Morgan fingerprint density at radius 2 is 1.64 bits per heavy atom. The van der Waals surface area contributed by atoms with Crippen molar-refractivity contribution in [2.24, 2.45) is 5.92 Å². The SMILES string of the molecule is CC(C)Cc1ccc([C@H](C)C(=O)ON2C(=O)CCC2=O)cc1. The summed E-state index contributed by atoms with van der Waals surface area (Å²) in [7, 11) is 0. The molecule has 0 saturated carbocycles. The van der Waals surface area contributed by atoms with Gasteiger partial charge >= 0.3 is 5.97 Å². The normalized spacial score (nSPS) is 16.3. The van der Waals surface area contributed by atoms with Gasteiger partial charge in [0.05, 0.1) is 5.92 Å². The first kappa shape index (κ1) is 16.2. The summed E-state index contributed by atoms with van der Waals surface area (Å²) in [5.41, 5.74) is 2.01. The van der Waals surface area contributed by atoms with E-state index in [0.717, 1.165) is 12.0 Å². The summed E-state index contributed by atoms with van der Waals surface area (Å²) in [6.45, 7) is 6.00. The maximum Gasteiger partial charge on any atom is 0.340 e. The Hall–Kier alpha value is -2.17. The van der Waals surface area contributed by atoms with Crippen molar-refractivity contribution in [1.82, 2.24) is 5.06 Å². The van der Waals surface area contributed by atoms with Crippen molar-refractivity contribution in [2.45, 2.75) is 46.0 Å². The Bertz CT molecular complexity index is 561. The molecule has 2 rings (SSSR count). The van der Waals surface area contributed by atoms with E-state index in [9.17, 15) is 14.4 Å². The largest absolute Gasteiger partial charge is 0.340 e. The van der Waals surface area contributed by atoms with Crippen LogP contribution in [0.2, 0.25) is 0 Å². The molecule has 0 unspecified atom stereocenters. The molecule has 0 spiro atoms. The summed E-state index contributed by atoms with van der Waals surface area (Å²) in [5.74, 6) is -1.48. The Balaban J connectivity index is 2.01. The summed E-state index contributed by atoms with van der Waals surface area (Å²) >= 11 is 0. The molecule has 1 atom stereocenters. The van der Waals surface area contributed by atoms with Crippen LogP contribution in [0.5, 0.6) is 0 Å². The van der Waals surface area contributed by atoms with Crippen LogP contribution in [0.1, 0.15) is 50.7 Å². The molecule has 22 heavy (non-hydrogen) atoms. The van der Waals surface area contributed by atoms with Crippen LogP contribution in [0, 0.1) is 5.92 Å². The van der Waals surface area contributed by atoms with Crippen molar-refractivity contribution >= 4 is 17.8 Å². The van der Waals surface area contributed by atoms with Gasteiger partial charge in [0.15, 0.2) is 0 Å². The van der Waals surface area contributed by atoms with E-state index in [-0.39, 0.29) is 12.8 Å². The number of rotatable bonds is 5. The molecule has 1 heterocycles. The van der Waals surface area contributed by atoms with Crippen LogP contribution in [-0.4, -0.2) is 22.8 Å². The van der Waals surface area contributed by atoms with Gasteiger partial charge < -0.3 is 4.84 Å². The molecule has 5 heteroatoms. The van der Waals surface area contributed by atoms with Gasteiger partial charge in [0.1, 0.15) is 0 Å². The van der Waals surface area contributed by atoms with Crippen molar-refractivity contribution in [3.8, 4) is 0 Å². The van der Waals surface area contributed by atoms with E-state index in [1.54, 1.807) is 6.92 Å². The Morgan fingerprint density at radius 1 is 1.09 bits per heavy atom. The van der Waals surface area contributed by atoms with Gasteiger partial charge in [0.25, 0.3) is 11.8 Å². The predicted octanol–water partition coefficient (Wildman–Crippen LogP) is 2.60. The highest BCUT2D eigenvalue weighted by Gasteiger charge is 2.34. The fraction of sp³-hybridized carbons (Fsp3) is 0.471. The standard InChI is InChI=1S/C17H21NO4/c1-11(2)10-13-4-6-14(7-5-13)12(3)17(21)22-18-15(19)8-9-16(18)20/h4-7,11-12H,8-10H2,1-3H3/t12-/m0/s1. The average molecular weight is 303 g/mol. The van der Waals surface area contributed by atoms with E-state index < -0.39 is 23.7 Å². The van der Waals surface area contributed by atoms with E-state index in [2.05, 4.69) is 13.8 Å². The van der Waals surface area contributed by atoms with Crippen molar-refractivity contribution in [3.63, 3.8) is 0 Å². The number of carbonyl (C=O) groups is 3. The molecule has 2 amide bonds. The molecule has 0 N–H and O–H groups in total. The number of hydrogen-bond acceptors (Lipinski definition) is 4. The third-order valence-electron chi connectivity index (χ3n) is 3.66. The first-order valence-corrected chi connectivity index (χ1v) is 7.55. The molecular formula is C17H21NO4. The zero-order chi connectivity index (χ0) is 16.3. The second-order valence-corrected chi connectivity index (χ2v) is 6.05. The van der Waals surface area contributed by atoms with Gasteiger partial charge in [-0.3, -0.25) is 9.59 Å². The minimum absolute atomic E-state index is 0.102. The smallest absolute Gasteiger partial charge is 0.330 e. The number of nitrogens with zero attached hydrogens (tertiary/aromatic N) is 1. The van der Waals surface area contributed by atoms with Crippen LogP contribution < -0.4 is 0 Å². The first-order valence-electron chi connectivity index (χ1n) is 7.55. The lowest BCUT2D eigenvalue weighted by Gasteiger charge is -2.16. The van der Waals surface area contributed by atoms with Crippen molar-refractivity contribution in [3.05, 3.63) is 35.4 Å². The highest BCUT2D eigenvalue weighted by molar-refractivity contribution is 6.01. The Labute approximate surface area is 130 Å². The van der Waals surface area contributed by atoms with Gasteiger partial charge in [-0.1, -0.05) is 38.1 Å². The predicted molar refractivity (Wildman–Crippen MR) is 80.6 cm³/mol. The summed E-state index contributed by atoms with van der Waals surface area (Å²) < 4.78 is 0. The topological polar surface area (TPSA) is 63.7 Å². The highest BCUT2D eigenvalue weighted by atomic mass is 16.7. The fourth-order valence-electron chi connectivity index (χ4n) is 2.38. The second kappa shape index (κ2) is 6.73. The maximum absolute atomic E-state index is 12.1. The molecule has 1 aliphatic heterocycles. The summed E-state index contributed by atoms with van der Waals surface area (Å²) in [6, 6.07) is 7.76. The quantitative estimate of drug-likeness (QED) is 0.784. The van der Waals surface area contributed by atoms with Crippen LogP contribution in [0.25, 0.3) is 0 Å². The van der Waals surface area contributed by atoms with E-state index in [1.807, 2.05) is 24.3 Å². The molecule has 1 fully saturated rings. The minimum Gasteiger partial charge on any atom is -0.330 e. The van der Waals surface area contributed by atoms with Gasteiger partial charge in [-0.25, -0.2) is 4.79 Å². The summed E-state index contributed by atoms with van der Waals surface area (Å²) in [5, 5.41) is 0.589. The number of carbonyl (C=O) groups excluding carboxylic acids is 3. The number of amides is 2. The van der Waals surface area contributed by atoms with Gasteiger partial charge in [-0.2, -0.15) is 0 Å². The number of hydroxylamine groups is 2.